The third-order valence-corrected chi connectivity index (χ3v) is 11.9. The first-order valence-electron chi connectivity index (χ1n) is 25.5. The highest BCUT2D eigenvalue weighted by atomic mass is 16.6. The summed E-state index contributed by atoms with van der Waals surface area (Å²) in [4.78, 5) is 69.9. The molecule has 0 fully saturated rings. The molecule has 0 saturated heterocycles. The van der Waals surface area contributed by atoms with Crippen molar-refractivity contribution < 1.29 is 47.3 Å². The Balaban J connectivity index is 1.52. The van der Waals surface area contributed by atoms with Crippen molar-refractivity contribution in [1.29, 1.82) is 0 Å². The van der Waals surface area contributed by atoms with Crippen molar-refractivity contribution in [2.24, 2.45) is 0 Å². The van der Waals surface area contributed by atoms with E-state index in [0.717, 1.165) is 53.7 Å². The molecule has 0 radical (unpaired) electrons. The summed E-state index contributed by atoms with van der Waals surface area (Å²) in [5.74, 6) is -0.513. The van der Waals surface area contributed by atoms with Crippen LogP contribution < -0.4 is 36.1 Å². The fourth-order valence-corrected chi connectivity index (χ4v) is 8.12. The number of amides is 5. The number of hydrogen-bond acceptors (Lipinski definition) is 11. The Labute approximate surface area is 426 Å². The van der Waals surface area contributed by atoms with E-state index < -0.39 is 23.6 Å². The second kappa shape index (κ2) is 29.3. The summed E-state index contributed by atoms with van der Waals surface area (Å²) < 4.78 is 30.9. The van der Waals surface area contributed by atoms with Crippen LogP contribution in [0.2, 0.25) is 0 Å². The molecule has 394 valence electrons. The Bertz CT molecular complexity index is 2480. The van der Waals surface area contributed by atoms with E-state index in [-0.39, 0.29) is 44.0 Å². The van der Waals surface area contributed by atoms with Gasteiger partial charge in [-0.3, -0.25) is 19.2 Å². The van der Waals surface area contributed by atoms with Gasteiger partial charge in [-0.1, -0.05) is 12.6 Å². The van der Waals surface area contributed by atoms with Crippen molar-refractivity contribution in [3.8, 4) is 22.5 Å². The topological polar surface area (TPSA) is 193 Å². The van der Waals surface area contributed by atoms with Crippen LogP contribution in [-0.2, 0) is 33.3 Å². The molecule has 0 bridgehead atoms. The van der Waals surface area contributed by atoms with Crippen molar-refractivity contribution in [3.63, 3.8) is 0 Å². The van der Waals surface area contributed by atoms with E-state index in [0.29, 0.717) is 92.6 Å². The average Bonchev–Trinajstić information content (AvgIpc) is 3.34. The molecular formula is C55H80N7O10+. The highest BCUT2D eigenvalue weighted by Gasteiger charge is 2.28. The molecule has 2 aromatic carbocycles. The lowest BCUT2D eigenvalue weighted by Gasteiger charge is -2.25. The minimum atomic E-state index is -1.00. The number of carbonyl (C=O) groups excluding carboxylic acids is 5. The van der Waals surface area contributed by atoms with E-state index in [2.05, 4.69) is 101 Å². The molecule has 0 aromatic heterocycles. The maximum Gasteiger partial charge on any atom is 0.408 e. The minimum Gasteiger partial charge on any atom is -0.456 e. The van der Waals surface area contributed by atoms with Crippen molar-refractivity contribution in [2.45, 2.75) is 100 Å². The second-order valence-electron chi connectivity index (χ2n) is 18.3. The number of fused-ring (bicyclic) bond motifs is 2. The van der Waals surface area contributed by atoms with Gasteiger partial charge >= 0.3 is 6.09 Å². The number of nitrogens with one attached hydrogen (secondary N) is 4. The van der Waals surface area contributed by atoms with E-state index in [9.17, 15) is 24.0 Å². The zero-order valence-corrected chi connectivity index (χ0v) is 44.4. The maximum absolute atomic E-state index is 14.6. The number of unbranched alkanes of at least 4 members (excludes halogenated alkanes) is 1. The predicted octanol–water partition coefficient (Wildman–Crippen LogP) is 7.21. The molecule has 5 amide bonds. The molecule has 0 saturated carbocycles. The SMILES string of the molecule is C=C(C)C(=O)NCCOCCOCCOCC(=O)NCCCC[C@H](NC(=O)OC(C)(C)C)C(=O)Nc1ccc(-c2c3ccc(=[N+](CC)CC)cc-3oc3cc(N(CC)CC)ccc23)c(C(=O)N(CC)CC)c1. The molecule has 17 nitrogen and oxygen atoms in total. The van der Waals surface area contributed by atoms with Crippen LogP contribution in [0.1, 0.15) is 98.9 Å². The van der Waals surface area contributed by atoms with Crippen LogP contribution in [0.5, 0.6) is 0 Å². The van der Waals surface area contributed by atoms with E-state index in [1.807, 2.05) is 19.9 Å². The van der Waals surface area contributed by atoms with E-state index in [1.54, 1.807) is 44.7 Å². The molecule has 72 heavy (non-hydrogen) atoms. The smallest absolute Gasteiger partial charge is 0.408 e. The fourth-order valence-electron chi connectivity index (χ4n) is 8.12. The molecule has 0 spiro atoms. The molecule has 1 atom stereocenters. The normalized spacial score (nSPS) is 11.8. The van der Waals surface area contributed by atoms with E-state index in [1.165, 1.54) is 0 Å². The van der Waals surface area contributed by atoms with Crippen molar-refractivity contribution in [3.05, 3.63) is 77.7 Å². The fraction of sp³-hybridized carbons (Fsp3) is 0.527. The Kier molecular flexibility index (Phi) is 23.7. The molecule has 2 aromatic rings. The monoisotopic (exact) mass is 999 g/mol. The molecule has 1 aliphatic carbocycles. The Morgan fingerprint density at radius 3 is 2.06 bits per heavy atom. The summed E-state index contributed by atoms with van der Waals surface area (Å²) in [5.41, 5.74) is 4.49. The van der Waals surface area contributed by atoms with Crippen LogP contribution in [-0.4, -0.2) is 138 Å². The lowest BCUT2D eigenvalue weighted by atomic mass is 9.89. The van der Waals surface area contributed by atoms with Gasteiger partial charge in [0.15, 0.2) is 0 Å². The predicted molar refractivity (Wildman–Crippen MR) is 284 cm³/mol. The second-order valence-corrected chi connectivity index (χ2v) is 18.3. The third-order valence-electron chi connectivity index (χ3n) is 11.9. The number of carbonyl (C=O) groups is 5. The molecule has 0 unspecified atom stereocenters. The van der Waals surface area contributed by atoms with Gasteiger partial charge in [0.2, 0.25) is 23.1 Å². The number of nitrogens with zero attached hydrogens (tertiary/aromatic N) is 3. The van der Waals surface area contributed by atoms with Gasteiger partial charge in [-0.2, -0.15) is 0 Å². The Hall–Kier alpha value is -6.30. The number of rotatable bonds is 29. The standard InChI is InChI=1S/C55H79N7O10/c1-12-60(13-2)40-22-25-43-47(35-40)71-48-36-41(61(14-3)15-4)23-26-44(48)50(43)42-24-21-39(34-45(42)53(66)62(16-5)17-6)58-52(65)46(59-54(67)72-55(9,10)11)20-18-19-27-56-49(63)37-70-33-32-69-31-30-68-29-28-57-51(64)38(7)8/h21-26,34-36,46H,7,12-20,27-33,37H2,1-6,8-11H3,(H3,56,57,59,63,64,67)/p+1/t46-/m0/s1. The average molecular weight is 999 g/mol. The van der Waals surface area contributed by atoms with Crippen LogP contribution in [0.15, 0.2) is 71.2 Å². The molecule has 4 N–H and O–H groups in total. The quantitative estimate of drug-likeness (QED) is 0.0186. The summed E-state index contributed by atoms with van der Waals surface area (Å²) in [7, 11) is 0. The van der Waals surface area contributed by atoms with Crippen LogP contribution in [0.25, 0.3) is 33.4 Å². The zero-order chi connectivity index (χ0) is 52.8. The first-order valence-corrected chi connectivity index (χ1v) is 25.5. The summed E-state index contributed by atoms with van der Waals surface area (Å²) >= 11 is 0. The van der Waals surface area contributed by atoms with Crippen molar-refractivity contribution in [2.75, 3.05) is 102 Å². The number of alkyl carbamates (subject to hydrolysis) is 1. The summed E-state index contributed by atoms with van der Waals surface area (Å²) in [6.07, 6.45) is 0.478. The Morgan fingerprint density at radius 1 is 0.750 bits per heavy atom. The van der Waals surface area contributed by atoms with Gasteiger partial charge in [0.1, 0.15) is 42.7 Å². The van der Waals surface area contributed by atoms with Gasteiger partial charge in [0.05, 0.1) is 39.1 Å². The van der Waals surface area contributed by atoms with Crippen LogP contribution in [0.3, 0.4) is 0 Å². The summed E-state index contributed by atoms with van der Waals surface area (Å²) in [6, 6.07) is 16.8. The van der Waals surface area contributed by atoms with E-state index >= 15 is 0 Å². The van der Waals surface area contributed by atoms with Crippen molar-refractivity contribution >= 4 is 52.1 Å². The molecule has 1 heterocycles. The number of anilines is 2. The zero-order valence-electron chi connectivity index (χ0n) is 44.4. The molecule has 2 aliphatic rings. The van der Waals surface area contributed by atoms with Gasteiger partial charge < -0.3 is 54.4 Å². The first kappa shape index (κ1) is 58.3. The number of benzene rings is 3. The summed E-state index contributed by atoms with van der Waals surface area (Å²) in [5, 5.41) is 13.1. The molecule has 17 heteroatoms. The van der Waals surface area contributed by atoms with Crippen LogP contribution in [0.4, 0.5) is 16.2 Å². The van der Waals surface area contributed by atoms with Gasteiger partial charge in [0, 0.05) is 90.4 Å². The lowest BCUT2D eigenvalue weighted by Crippen LogP contribution is -2.45. The summed E-state index contributed by atoms with van der Waals surface area (Å²) in [6.45, 7) is 29.1. The first-order chi connectivity index (χ1) is 34.5. The highest BCUT2D eigenvalue weighted by Crippen LogP contribution is 2.43. The highest BCUT2D eigenvalue weighted by molar-refractivity contribution is 6.10. The maximum atomic E-state index is 14.6. The third kappa shape index (κ3) is 17.5. The number of ether oxygens (including phenoxy) is 4. The van der Waals surface area contributed by atoms with Crippen LogP contribution in [0, 0.1) is 0 Å². The lowest BCUT2D eigenvalue weighted by molar-refractivity contribution is -0.126. The molecule has 1 aliphatic heterocycles. The van der Waals surface area contributed by atoms with Crippen LogP contribution >= 0.6 is 0 Å². The van der Waals surface area contributed by atoms with Crippen molar-refractivity contribution in [1.82, 2.24) is 25.4 Å². The van der Waals surface area contributed by atoms with Gasteiger partial charge in [-0.15, -0.1) is 0 Å². The Morgan fingerprint density at radius 2 is 1.42 bits per heavy atom. The van der Waals surface area contributed by atoms with E-state index in [4.69, 9.17) is 23.4 Å². The minimum absolute atomic E-state index is 0.147. The molecular weight excluding hydrogens is 919 g/mol. The largest absolute Gasteiger partial charge is 0.456 e. The number of hydrogen-bond donors (Lipinski definition) is 4. The van der Waals surface area contributed by atoms with Gasteiger partial charge in [-0.05, 0) is 124 Å². The van der Waals surface area contributed by atoms with Gasteiger partial charge in [0.25, 0.3) is 5.91 Å². The molecule has 4 rings (SSSR count). The van der Waals surface area contributed by atoms with Gasteiger partial charge in [-0.25, -0.2) is 9.37 Å².